The lowest BCUT2D eigenvalue weighted by Gasteiger charge is -2.35. The average Bonchev–Trinajstić information content (AvgIpc) is 3.06. The van der Waals surface area contributed by atoms with Gasteiger partial charge in [0.1, 0.15) is 0 Å². The number of fused-ring (bicyclic) bond motifs is 3. The Kier molecular flexibility index (Phi) is 7.94. The third-order valence-electron chi connectivity index (χ3n) is 8.79. The molecule has 0 heterocycles. The quantitative estimate of drug-likeness (QED) is 0.132. The van der Waals surface area contributed by atoms with E-state index < -0.39 is 0 Å². The first kappa shape index (κ1) is 29.9. The number of rotatable bonds is 6. The van der Waals surface area contributed by atoms with Crippen LogP contribution in [0.4, 0.5) is 34.1 Å². The summed E-state index contributed by atoms with van der Waals surface area (Å²) in [5.74, 6) is 0. The Morgan fingerprint density at radius 1 is 0.370 bits per heavy atom. The Hall–Kier alpha value is -4.76. The van der Waals surface area contributed by atoms with Gasteiger partial charge in [-0.25, -0.2) is 0 Å². The number of halogens is 2. The maximum atomic E-state index is 6.47. The van der Waals surface area contributed by atoms with Crippen LogP contribution in [-0.4, -0.2) is 0 Å². The van der Waals surface area contributed by atoms with E-state index in [1.165, 1.54) is 38.4 Å². The second kappa shape index (κ2) is 12.2. The fourth-order valence-corrected chi connectivity index (χ4v) is 6.50. The summed E-state index contributed by atoms with van der Waals surface area (Å²) >= 11 is 12.9. The molecule has 0 aliphatic carbocycles. The molecular formula is C42H34Cl2N2. The van der Waals surface area contributed by atoms with Crippen molar-refractivity contribution >= 4 is 78.9 Å². The van der Waals surface area contributed by atoms with Crippen LogP contribution in [-0.2, 0) is 0 Å². The third kappa shape index (κ3) is 5.49. The third-order valence-corrected chi connectivity index (χ3v) is 9.29. The average molecular weight is 638 g/mol. The Bertz CT molecular complexity index is 2090. The summed E-state index contributed by atoms with van der Waals surface area (Å²) in [5, 5.41) is 6.12. The molecular weight excluding hydrogens is 603 g/mol. The molecule has 0 aliphatic rings. The lowest BCUT2D eigenvalue weighted by atomic mass is 9.92. The van der Waals surface area contributed by atoms with Crippen molar-refractivity contribution in [2.75, 3.05) is 9.80 Å². The fourth-order valence-electron chi connectivity index (χ4n) is 6.25. The monoisotopic (exact) mass is 636 g/mol. The highest BCUT2D eigenvalue weighted by atomic mass is 35.5. The van der Waals surface area contributed by atoms with E-state index >= 15 is 0 Å². The SMILES string of the molecule is Cc1ccc(N(c2ccc(Cl)cc2)c2c(N(c3ccc(C)cc3)c3ccc(Cl)cc3)c3cc(C)c(C)cc3c3ccccc23)cc1. The molecule has 0 aliphatic heterocycles. The van der Waals surface area contributed by atoms with Gasteiger partial charge in [-0.2, -0.15) is 0 Å². The predicted octanol–water partition coefficient (Wildman–Crippen LogP) is 13.5. The molecule has 4 heteroatoms. The van der Waals surface area contributed by atoms with Crippen molar-refractivity contribution in [1.82, 2.24) is 0 Å². The molecule has 0 aromatic heterocycles. The molecule has 7 aromatic carbocycles. The van der Waals surface area contributed by atoms with Crippen LogP contribution in [0.3, 0.4) is 0 Å². The molecule has 7 aromatic rings. The second-order valence-corrected chi connectivity index (χ2v) is 12.9. The van der Waals surface area contributed by atoms with Gasteiger partial charge < -0.3 is 9.80 Å². The zero-order valence-corrected chi connectivity index (χ0v) is 27.9. The zero-order chi connectivity index (χ0) is 31.9. The molecule has 0 saturated heterocycles. The van der Waals surface area contributed by atoms with E-state index in [2.05, 4.69) is 147 Å². The van der Waals surface area contributed by atoms with Gasteiger partial charge in [-0.1, -0.05) is 88.9 Å². The van der Waals surface area contributed by atoms with Crippen LogP contribution in [0.5, 0.6) is 0 Å². The van der Waals surface area contributed by atoms with Crippen LogP contribution in [0, 0.1) is 27.7 Å². The van der Waals surface area contributed by atoms with Crippen LogP contribution >= 0.6 is 23.2 Å². The summed E-state index contributed by atoms with van der Waals surface area (Å²) in [6, 6.07) is 47.2. The van der Waals surface area contributed by atoms with Crippen LogP contribution in [0.1, 0.15) is 22.3 Å². The van der Waals surface area contributed by atoms with Crippen LogP contribution in [0.2, 0.25) is 10.0 Å². The summed E-state index contributed by atoms with van der Waals surface area (Å²) in [5.41, 5.74) is 11.2. The summed E-state index contributed by atoms with van der Waals surface area (Å²) in [6.07, 6.45) is 0. The Morgan fingerprint density at radius 2 is 0.717 bits per heavy atom. The lowest BCUT2D eigenvalue weighted by Crippen LogP contribution is -2.18. The highest BCUT2D eigenvalue weighted by Crippen LogP contribution is 2.53. The van der Waals surface area contributed by atoms with Crippen LogP contribution < -0.4 is 9.80 Å². The molecule has 0 N–H and O–H groups in total. The minimum Gasteiger partial charge on any atom is -0.308 e. The topological polar surface area (TPSA) is 6.48 Å². The van der Waals surface area contributed by atoms with Crippen molar-refractivity contribution in [3.05, 3.63) is 166 Å². The number of anilines is 6. The van der Waals surface area contributed by atoms with Crippen molar-refractivity contribution in [3.63, 3.8) is 0 Å². The van der Waals surface area contributed by atoms with Gasteiger partial charge in [-0.3, -0.25) is 0 Å². The lowest BCUT2D eigenvalue weighted by molar-refractivity contribution is 1.24. The molecule has 0 spiro atoms. The van der Waals surface area contributed by atoms with Crippen molar-refractivity contribution in [2.45, 2.75) is 27.7 Å². The highest BCUT2D eigenvalue weighted by Gasteiger charge is 2.28. The van der Waals surface area contributed by atoms with Crippen LogP contribution in [0.15, 0.2) is 133 Å². The van der Waals surface area contributed by atoms with Crippen molar-refractivity contribution in [2.24, 2.45) is 0 Å². The van der Waals surface area contributed by atoms with Crippen LogP contribution in [0.25, 0.3) is 21.5 Å². The fraction of sp³-hybridized carbons (Fsp3) is 0.0952. The minimum absolute atomic E-state index is 0.699. The Morgan fingerprint density at radius 3 is 1.15 bits per heavy atom. The molecule has 226 valence electrons. The largest absolute Gasteiger partial charge is 0.308 e. The number of aryl methyl sites for hydroxylation is 4. The molecule has 0 fully saturated rings. The maximum Gasteiger partial charge on any atom is 0.0788 e. The maximum absolute atomic E-state index is 6.47. The standard InChI is InChI=1S/C42H34Cl2N2/c1-27-9-17-33(18-10-27)45(35-21-13-31(43)14-22-35)41-38-8-6-5-7-37(38)39-25-29(3)30(4)26-40(39)42(41)46(34-19-11-28(2)12-20-34)36-23-15-32(44)16-24-36/h5-26H,1-4H3. The van der Waals surface area contributed by atoms with E-state index in [-0.39, 0.29) is 0 Å². The molecule has 46 heavy (non-hydrogen) atoms. The highest BCUT2D eigenvalue weighted by molar-refractivity contribution is 6.31. The number of hydrogen-bond acceptors (Lipinski definition) is 2. The van der Waals surface area contributed by atoms with Gasteiger partial charge in [0.25, 0.3) is 0 Å². The van der Waals surface area contributed by atoms with Gasteiger partial charge in [-0.15, -0.1) is 0 Å². The minimum atomic E-state index is 0.699. The number of benzene rings is 7. The molecule has 0 atom stereocenters. The summed E-state index contributed by atoms with van der Waals surface area (Å²) in [7, 11) is 0. The zero-order valence-electron chi connectivity index (χ0n) is 26.4. The molecule has 0 amide bonds. The van der Waals surface area contributed by atoms with Gasteiger partial charge in [0.2, 0.25) is 0 Å². The predicted molar refractivity (Wildman–Crippen MR) is 200 cm³/mol. The van der Waals surface area contributed by atoms with Gasteiger partial charge in [0.05, 0.1) is 11.4 Å². The first-order valence-electron chi connectivity index (χ1n) is 15.5. The van der Waals surface area contributed by atoms with Crippen molar-refractivity contribution in [3.8, 4) is 0 Å². The van der Waals surface area contributed by atoms with Gasteiger partial charge in [0, 0.05) is 43.6 Å². The number of hydrogen-bond donors (Lipinski definition) is 0. The first-order chi connectivity index (χ1) is 22.3. The van der Waals surface area contributed by atoms with E-state index in [4.69, 9.17) is 23.2 Å². The van der Waals surface area contributed by atoms with E-state index in [9.17, 15) is 0 Å². The molecule has 0 unspecified atom stereocenters. The second-order valence-electron chi connectivity index (χ2n) is 12.0. The van der Waals surface area contributed by atoms with E-state index in [1.54, 1.807) is 0 Å². The van der Waals surface area contributed by atoms with Crippen molar-refractivity contribution in [1.29, 1.82) is 0 Å². The van der Waals surface area contributed by atoms with E-state index in [1.807, 2.05) is 24.3 Å². The van der Waals surface area contributed by atoms with E-state index in [0.29, 0.717) is 10.0 Å². The first-order valence-corrected chi connectivity index (χ1v) is 16.2. The van der Waals surface area contributed by atoms with E-state index in [0.717, 1.165) is 39.5 Å². The molecule has 2 nitrogen and oxygen atoms in total. The smallest absolute Gasteiger partial charge is 0.0788 e. The summed E-state index contributed by atoms with van der Waals surface area (Å²) in [4.78, 5) is 4.75. The Labute approximate surface area is 281 Å². The molecule has 0 bridgehead atoms. The molecule has 7 rings (SSSR count). The molecule has 0 saturated carbocycles. The van der Waals surface area contributed by atoms with Gasteiger partial charge in [0.15, 0.2) is 0 Å². The number of nitrogens with zero attached hydrogens (tertiary/aromatic N) is 2. The summed E-state index contributed by atoms with van der Waals surface area (Å²) < 4.78 is 0. The summed E-state index contributed by atoms with van der Waals surface area (Å²) in [6.45, 7) is 8.64. The normalized spacial score (nSPS) is 11.3. The molecule has 0 radical (unpaired) electrons. The Balaban J connectivity index is 1.71. The van der Waals surface area contributed by atoms with Gasteiger partial charge >= 0.3 is 0 Å². The van der Waals surface area contributed by atoms with Crippen molar-refractivity contribution < 1.29 is 0 Å². The van der Waals surface area contributed by atoms with Gasteiger partial charge in [-0.05, 0) is 128 Å².